The van der Waals surface area contributed by atoms with Gasteiger partial charge in [-0.15, -0.1) is 0 Å². The standard InChI is InChI=1S/C18H20/c1-12-8-9-17-13(2)15-6-4-5-7-16(11-15)14(3)18(17)10-12/h4-7,9-10,12H,8,11H2,1-3H3. The first-order valence-corrected chi connectivity index (χ1v) is 6.84. The molecule has 0 radical (unpaired) electrons. The number of allylic oxidation sites excluding steroid dienone is 12. The molecule has 0 heteroatoms. The van der Waals surface area contributed by atoms with E-state index in [4.69, 9.17) is 0 Å². The molecule has 0 saturated carbocycles. The van der Waals surface area contributed by atoms with Crippen LogP contribution in [0.2, 0.25) is 0 Å². The summed E-state index contributed by atoms with van der Waals surface area (Å²) in [5, 5.41) is 0. The van der Waals surface area contributed by atoms with Crippen LogP contribution in [0.1, 0.15) is 33.6 Å². The Morgan fingerprint density at radius 3 is 2.22 bits per heavy atom. The van der Waals surface area contributed by atoms with Crippen molar-refractivity contribution in [3.05, 3.63) is 69.9 Å². The fraction of sp³-hybridized carbons (Fsp3) is 0.333. The Morgan fingerprint density at radius 1 is 0.944 bits per heavy atom. The molecule has 92 valence electrons. The van der Waals surface area contributed by atoms with Gasteiger partial charge in [0.1, 0.15) is 0 Å². The van der Waals surface area contributed by atoms with Crippen molar-refractivity contribution in [2.45, 2.75) is 33.6 Å². The molecule has 3 aliphatic rings. The Labute approximate surface area is 110 Å². The van der Waals surface area contributed by atoms with E-state index in [1.165, 1.54) is 39.9 Å². The molecule has 0 amide bonds. The minimum Gasteiger partial charge on any atom is -0.0758 e. The van der Waals surface area contributed by atoms with E-state index in [1.807, 2.05) is 0 Å². The van der Waals surface area contributed by atoms with Crippen LogP contribution in [0.3, 0.4) is 0 Å². The summed E-state index contributed by atoms with van der Waals surface area (Å²) in [5.41, 5.74) is 8.80. The van der Waals surface area contributed by atoms with E-state index in [0.717, 1.165) is 6.42 Å². The fourth-order valence-corrected chi connectivity index (χ4v) is 3.07. The Hall–Kier alpha value is -1.56. The fourth-order valence-electron chi connectivity index (χ4n) is 3.07. The lowest BCUT2D eigenvalue weighted by Gasteiger charge is -2.21. The lowest BCUT2D eigenvalue weighted by atomic mass is 9.84. The van der Waals surface area contributed by atoms with E-state index in [2.05, 4.69) is 57.2 Å². The van der Waals surface area contributed by atoms with Gasteiger partial charge in [-0.05, 0) is 66.0 Å². The van der Waals surface area contributed by atoms with E-state index in [1.54, 1.807) is 0 Å². The normalized spacial score (nSPS) is 26.5. The first-order valence-electron chi connectivity index (χ1n) is 6.84. The van der Waals surface area contributed by atoms with E-state index in [0.29, 0.717) is 5.92 Å². The van der Waals surface area contributed by atoms with Crippen molar-refractivity contribution in [3.8, 4) is 0 Å². The molecule has 18 heavy (non-hydrogen) atoms. The Kier molecular flexibility index (Phi) is 2.74. The van der Waals surface area contributed by atoms with Crippen molar-refractivity contribution in [1.29, 1.82) is 0 Å². The summed E-state index contributed by atoms with van der Waals surface area (Å²) in [4.78, 5) is 0. The highest BCUT2D eigenvalue weighted by Crippen LogP contribution is 2.40. The third-order valence-corrected chi connectivity index (χ3v) is 4.29. The first-order chi connectivity index (χ1) is 8.66. The number of hydrogen-bond donors (Lipinski definition) is 0. The van der Waals surface area contributed by atoms with Crippen LogP contribution in [-0.4, -0.2) is 0 Å². The molecule has 2 bridgehead atoms. The van der Waals surface area contributed by atoms with Crippen LogP contribution in [0, 0.1) is 5.92 Å². The van der Waals surface area contributed by atoms with Crippen LogP contribution in [0.4, 0.5) is 0 Å². The van der Waals surface area contributed by atoms with Gasteiger partial charge in [-0.2, -0.15) is 0 Å². The van der Waals surface area contributed by atoms with Crippen LogP contribution in [0.5, 0.6) is 0 Å². The third-order valence-electron chi connectivity index (χ3n) is 4.29. The topological polar surface area (TPSA) is 0 Å². The molecule has 0 heterocycles. The van der Waals surface area contributed by atoms with Crippen LogP contribution in [0.15, 0.2) is 69.9 Å². The van der Waals surface area contributed by atoms with Crippen molar-refractivity contribution < 1.29 is 0 Å². The summed E-state index contributed by atoms with van der Waals surface area (Å²) in [5.74, 6) is 0.664. The van der Waals surface area contributed by atoms with Gasteiger partial charge in [0.05, 0.1) is 0 Å². The van der Waals surface area contributed by atoms with E-state index < -0.39 is 0 Å². The smallest absolute Gasteiger partial charge is 0.00201 e. The summed E-state index contributed by atoms with van der Waals surface area (Å²) >= 11 is 0. The van der Waals surface area contributed by atoms with Gasteiger partial charge in [-0.25, -0.2) is 0 Å². The van der Waals surface area contributed by atoms with Gasteiger partial charge in [0, 0.05) is 0 Å². The number of fused-ring (bicyclic) bond motifs is 3. The molecule has 0 spiro atoms. The van der Waals surface area contributed by atoms with Crippen LogP contribution < -0.4 is 0 Å². The summed E-state index contributed by atoms with van der Waals surface area (Å²) in [6.45, 7) is 6.86. The van der Waals surface area contributed by atoms with Crippen molar-refractivity contribution in [1.82, 2.24) is 0 Å². The van der Waals surface area contributed by atoms with Gasteiger partial charge in [0.25, 0.3) is 0 Å². The highest BCUT2D eigenvalue weighted by Gasteiger charge is 2.22. The molecule has 0 aromatic carbocycles. The molecule has 0 fully saturated rings. The zero-order chi connectivity index (χ0) is 12.7. The molecule has 1 unspecified atom stereocenters. The molecule has 0 saturated heterocycles. The lowest BCUT2D eigenvalue weighted by molar-refractivity contribution is 0.724. The van der Waals surface area contributed by atoms with Gasteiger partial charge in [-0.1, -0.05) is 43.4 Å². The maximum absolute atomic E-state index is 2.45. The highest BCUT2D eigenvalue weighted by atomic mass is 14.3. The number of hydrogen-bond acceptors (Lipinski definition) is 0. The van der Waals surface area contributed by atoms with Gasteiger partial charge in [-0.3, -0.25) is 0 Å². The minimum absolute atomic E-state index is 0.664. The largest absolute Gasteiger partial charge is 0.0758 e. The second kappa shape index (κ2) is 4.28. The van der Waals surface area contributed by atoms with E-state index >= 15 is 0 Å². The van der Waals surface area contributed by atoms with Gasteiger partial charge in [0.2, 0.25) is 0 Å². The highest BCUT2D eigenvalue weighted by molar-refractivity contribution is 5.64. The Balaban J connectivity index is 2.26. The maximum atomic E-state index is 2.45. The molecule has 1 atom stereocenters. The number of rotatable bonds is 0. The van der Waals surface area contributed by atoms with Crippen molar-refractivity contribution in [2.75, 3.05) is 0 Å². The van der Waals surface area contributed by atoms with Crippen LogP contribution >= 0.6 is 0 Å². The van der Waals surface area contributed by atoms with Crippen molar-refractivity contribution in [2.24, 2.45) is 5.92 Å². The Morgan fingerprint density at radius 2 is 1.56 bits per heavy atom. The summed E-state index contributed by atoms with van der Waals surface area (Å²) in [7, 11) is 0. The summed E-state index contributed by atoms with van der Waals surface area (Å²) in [6, 6.07) is 0. The molecule has 0 nitrogen and oxygen atoms in total. The van der Waals surface area contributed by atoms with Gasteiger partial charge < -0.3 is 0 Å². The van der Waals surface area contributed by atoms with Gasteiger partial charge in [0.15, 0.2) is 0 Å². The summed E-state index contributed by atoms with van der Waals surface area (Å²) < 4.78 is 0. The predicted molar refractivity (Wildman–Crippen MR) is 78.2 cm³/mol. The maximum Gasteiger partial charge on any atom is -0.00201 e. The molecular formula is C18H20. The average Bonchev–Trinajstić information content (AvgIpc) is 2.66. The zero-order valence-corrected chi connectivity index (χ0v) is 11.5. The van der Waals surface area contributed by atoms with E-state index in [-0.39, 0.29) is 0 Å². The Bertz CT molecular complexity index is 571. The quantitative estimate of drug-likeness (QED) is 0.552. The molecule has 0 aromatic rings. The van der Waals surface area contributed by atoms with Crippen LogP contribution in [-0.2, 0) is 0 Å². The second-order valence-electron chi connectivity index (χ2n) is 5.61. The van der Waals surface area contributed by atoms with Crippen LogP contribution in [0.25, 0.3) is 0 Å². The average molecular weight is 236 g/mol. The SMILES string of the molecule is CC1=C2C=CC=CC(=C(C)C3=CC(C)CC=C31)C2. The molecule has 0 N–H and O–H groups in total. The minimum atomic E-state index is 0.664. The molecular weight excluding hydrogens is 216 g/mol. The van der Waals surface area contributed by atoms with Gasteiger partial charge >= 0.3 is 0 Å². The van der Waals surface area contributed by atoms with Crippen molar-refractivity contribution >= 4 is 0 Å². The molecule has 3 rings (SSSR count). The summed E-state index contributed by atoms with van der Waals surface area (Å²) in [6.07, 6.45) is 16.0. The molecule has 0 aliphatic heterocycles. The van der Waals surface area contributed by atoms with Crippen molar-refractivity contribution in [3.63, 3.8) is 0 Å². The van der Waals surface area contributed by atoms with E-state index in [9.17, 15) is 0 Å². The molecule has 3 aliphatic carbocycles. The monoisotopic (exact) mass is 236 g/mol. The lowest BCUT2D eigenvalue weighted by Crippen LogP contribution is -2.04. The first kappa shape index (κ1) is 11.5. The zero-order valence-electron chi connectivity index (χ0n) is 11.5. The molecule has 0 aromatic heterocycles. The second-order valence-corrected chi connectivity index (χ2v) is 5.61. The third kappa shape index (κ3) is 1.77. The predicted octanol–water partition coefficient (Wildman–Crippen LogP) is 5.04.